The zero-order valence-electron chi connectivity index (χ0n) is 9.87. The minimum absolute atomic E-state index is 0.0455. The molecule has 0 fully saturated rings. The summed E-state index contributed by atoms with van der Waals surface area (Å²) < 4.78 is 48.8. The van der Waals surface area contributed by atoms with Gasteiger partial charge in [0.1, 0.15) is 0 Å². The molecule has 0 saturated carbocycles. The first kappa shape index (κ1) is 15.4. The molecule has 0 radical (unpaired) electrons. The number of alkyl halides is 2. The monoisotopic (exact) mass is 293 g/mol. The van der Waals surface area contributed by atoms with Gasteiger partial charge in [-0.1, -0.05) is 18.2 Å². The van der Waals surface area contributed by atoms with Gasteiger partial charge in [0.25, 0.3) is 10.0 Å². The summed E-state index contributed by atoms with van der Waals surface area (Å²) in [7, 11) is -4.78. The predicted molar refractivity (Wildman–Crippen MR) is 65.6 cm³/mol. The van der Waals surface area contributed by atoms with Gasteiger partial charge in [-0.3, -0.25) is 9.10 Å². The van der Waals surface area contributed by atoms with Crippen LogP contribution < -0.4 is 4.31 Å². The highest BCUT2D eigenvalue weighted by Crippen LogP contribution is 2.22. The largest absolute Gasteiger partial charge is 0.481 e. The number of sulfonamides is 1. The van der Waals surface area contributed by atoms with Gasteiger partial charge >= 0.3 is 11.7 Å². The number of carboxylic acid groups (broad SMARTS) is 1. The maximum Gasteiger partial charge on any atom is 0.355 e. The SMILES string of the molecule is O=C(O)CCCN(c1ccccc1)S(=O)(=O)C(F)F. The van der Waals surface area contributed by atoms with Crippen molar-refractivity contribution < 1.29 is 27.1 Å². The molecule has 0 aliphatic heterocycles. The average molecular weight is 293 g/mol. The van der Waals surface area contributed by atoms with Crippen molar-refractivity contribution in [3.63, 3.8) is 0 Å². The van der Waals surface area contributed by atoms with Gasteiger partial charge in [0.15, 0.2) is 0 Å². The van der Waals surface area contributed by atoms with E-state index in [1.54, 1.807) is 6.07 Å². The third-order valence-electron chi connectivity index (χ3n) is 2.33. The normalized spacial score (nSPS) is 11.5. The Morgan fingerprint density at radius 3 is 2.32 bits per heavy atom. The lowest BCUT2D eigenvalue weighted by Crippen LogP contribution is -2.36. The van der Waals surface area contributed by atoms with E-state index in [4.69, 9.17) is 5.11 Å². The van der Waals surface area contributed by atoms with Crippen molar-refractivity contribution in [3.05, 3.63) is 30.3 Å². The number of benzene rings is 1. The van der Waals surface area contributed by atoms with Crippen LogP contribution in [-0.2, 0) is 14.8 Å². The number of para-hydroxylation sites is 1. The minimum Gasteiger partial charge on any atom is -0.481 e. The smallest absolute Gasteiger partial charge is 0.355 e. The van der Waals surface area contributed by atoms with Crippen LogP contribution in [0.5, 0.6) is 0 Å². The number of halogens is 2. The first-order valence-electron chi connectivity index (χ1n) is 5.42. The molecule has 1 aromatic carbocycles. The first-order chi connectivity index (χ1) is 8.85. The van der Waals surface area contributed by atoms with Crippen LogP contribution >= 0.6 is 0 Å². The van der Waals surface area contributed by atoms with Crippen LogP contribution in [-0.4, -0.2) is 31.8 Å². The van der Waals surface area contributed by atoms with Crippen LogP contribution in [0.3, 0.4) is 0 Å². The molecule has 8 heteroatoms. The van der Waals surface area contributed by atoms with Crippen molar-refractivity contribution in [1.82, 2.24) is 0 Å². The van der Waals surface area contributed by atoms with E-state index in [9.17, 15) is 22.0 Å². The Kier molecular flexibility index (Phi) is 5.22. The van der Waals surface area contributed by atoms with Gasteiger partial charge in [0, 0.05) is 13.0 Å². The van der Waals surface area contributed by atoms with Crippen molar-refractivity contribution in [2.75, 3.05) is 10.8 Å². The molecule has 5 nitrogen and oxygen atoms in total. The summed E-state index contributed by atoms with van der Waals surface area (Å²) in [5.41, 5.74) is 0.0909. The van der Waals surface area contributed by atoms with Crippen LogP contribution in [0, 0.1) is 0 Å². The standard InChI is InChI=1S/C11H13F2NO4S/c12-11(13)19(17,18)14(8-4-7-10(15)16)9-5-2-1-3-6-9/h1-3,5-6,11H,4,7-8H2,(H,15,16). The number of carbonyl (C=O) groups is 1. The molecule has 1 aromatic rings. The van der Waals surface area contributed by atoms with Crippen molar-refractivity contribution in [3.8, 4) is 0 Å². The Bertz CT molecular complexity index is 519. The predicted octanol–water partition coefficient (Wildman–Crippen LogP) is 1.91. The Labute approximate surface area is 109 Å². The number of nitrogens with zero attached hydrogens (tertiary/aromatic N) is 1. The van der Waals surface area contributed by atoms with Gasteiger partial charge in [0.05, 0.1) is 5.69 Å². The van der Waals surface area contributed by atoms with E-state index in [-0.39, 0.29) is 25.1 Å². The summed E-state index contributed by atoms with van der Waals surface area (Å²) >= 11 is 0. The molecule has 0 atom stereocenters. The number of hydrogen-bond acceptors (Lipinski definition) is 3. The number of rotatable bonds is 7. The molecule has 0 unspecified atom stereocenters. The van der Waals surface area contributed by atoms with E-state index >= 15 is 0 Å². The molecule has 0 aliphatic rings. The fraction of sp³-hybridized carbons (Fsp3) is 0.364. The summed E-state index contributed by atoms with van der Waals surface area (Å²) in [6.07, 6.45) is -0.335. The molecule has 0 aliphatic carbocycles. The van der Waals surface area contributed by atoms with Crippen molar-refractivity contribution in [1.29, 1.82) is 0 Å². The van der Waals surface area contributed by atoms with E-state index in [1.165, 1.54) is 24.3 Å². The topological polar surface area (TPSA) is 74.7 Å². The van der Waals surface area contributed by atoms with E-state index in [1.807, 2.05) is 0 Å². The molecule has 19 heavy (non-hydrogen) atoms. The maximum atomic E-state index is 12.6. The van der Waals surface area contributed by atoms with Gasteiger partial charge < -0.3 is 5.11 Å². The molecule has 106 valence electrons. The van der Waals surface area contributed by atoms with E-state index in [0.717, 1.165) is 0 Å². The fourth-order valence-corrected chi connectivity index (χ4v) is 2.46. The van der Waals surface area contributed by atoms with Gasteiger partial charge in [-0.15, -0.1) is 0 Å². The minimum atomic E-state index is -4.78. The van der Waals surface area contributed by atoms with Crippen molar-refractivity contribution >= 4 is 21.7 Å². The Balaban J connectivity index is 2.96. The summed E-state index contributed by atoms with van der Waals surface area (Å²) in [6, 6.07) is 7.40. The van der Waals surface area contributed by atoms with Gasteiger partial charge in [-0.25, -0.2) is 8.42 Å². The number of anilines is 1. The molecule has 0 amide bonds. The zero-order chi connectivity index (χ0) is 14.5. The van der Waals surface area contributed by atoms with Crippen molar-refractivity contribution in [2.24, 2.45) is 0 Å². The lowest BCUT2D eigenvalue weighted by atomic mass is 10.3. The molecule has 0 heterocycles. The third kappa shape index (κ3) is 4.16. The summed E-state index contributed by atoms with van der Waals surface area (Å²) in [5.74, 6) is -4.65. The van der Waals surface area contributed by atoms with Gasteiger partial charge in [-0.05, 0) is 18.6 Å². The second kappa shape index (κ2) is 6.46. The molecular formula is C11H13F2NO4S. The number of hydrogen-bond donors (Lipinski definition) is 1. The highest BCUT2D eigenvalue weighted by atomic mass is 32.2. The van der Waals surface area contributed by atoms with Crippen LogP contribution in [0.1, 0.15) is 12.8 Å². The third-order valence-corrected chi connectivity index (χ3v) is 3.79. The molecule has 1 rings (SSSR count). The number of aliphatic carboxylic acids is 1. The van der Waals surface area contributed by atoms with Gasteiger partial charge in [0.2, 0.25) is 0 Å². The second-order valence-corrected chi connectivity index (χ2v) is 5.54. The molecule has 0 aromatic heterocycles. The molecule has 0 spiro atoms. The summed E-state index contributed by atoms with van der Waals surface area (Å²) in [4.78, 5) is 10.4. The quantitative estimate of drug-likeness (QED) is 0.833. The van der Waals surface area contributed by atoms with E-state index in [2.05, 4.69) is 0 Å². The maximum absolute atomic E-state index is 12.6. The lowest BCUT2D eigenvalue weighted by molar-refractivity contribution is -0.137. The van der Waals surface area contributed by atoms with Crippen LogP contribution in [0.25, 0.3) is 0 Å². The van der Waals surface area contributed by atoms with Crippen LogP contribution in [0.15, 0.2) is 30.3 Å². The highest BCUT2D eigenvalue weighted by molar-refractivity contribution is 7.93. The van der Waals surface area contributed by atoms with E-state index < -0.39 is 21.8 Å². The Morgan fingerprint density at radius 1 is 1.26 bits per heavy atom. The van der Waals surface area contributed by atoms with Crippen LogP contribution in [0.2, 0.25) is 0 Å². The fourth-order valence-electron chi connectivity index (χ4n) is 1.47. The first-order valence-corrected chi connectivity index (χ1v) is 6.92. The molecule has 0 saturated heterocycles. The lowest BCUT2D eigenvalue weighted by Gasteiger charge is -2.23. The molecule has 0 bridgehead atoms. The second-order valence-electron chi connectivity index (χ2n) is 3.71. The van der Waals surface area contributed by atoms with Crippen LogP contribution in [0.4, 0.5) is 14.5 Å². The Hall–Kier alpha value is -1.70. The van der Waals surface area contributed by atoms with Crippen molar-refractivity contribution in [2.45, 2.75) is 18.6 Å². The highest BCUT2D eigenvalue weighted by Gasteiger charge is 2.32. The summed E-state index contributed by atoms with van der Waals surface area (Å²) in [5, 5.41) is 8.49. The summed E-state index contributed by atoms with van der Waals surface area (Å²) in [6.45, 7) is -0.303. The molecule has 1 N–H and O–H groups in total. The number of carboxylic acids is 1. The molecular weight excluding hydrogens is 280 g/mol. The zero-order valence-corrected chi connectivity index (χ0v) is 10.7. The Morgan fingerprint density at radius 2 is 1.84 bits per heavy atom. The van der Waals surface area contributed by atoms with Gasteiger partial charge in [-0.2, -0.15) is 8.78 Å². The van der Waals surface area contributed by atoms with E-state index in [0.29, 0.717) is 4.31 Å². The average Bonchev–Trinajstić information content (AvgIpc) is 2.35.